The Kier molecular flexibility index (Phi) is 4.96. The number of ether oxygens (including phenoxy) is 1. The molecule has 0 aliphatic carbocycles. The summed E-state index contributed by atoms with van der Waals surface area (Å²) >= 11 is 0. The predicted molar refractivity (Wildman–Crippen MR) is 77.0 cm³/mol. The molecule has 1 aromatic carbocycles. The number of hydrogen-bond acceptors (Lipinski definition) is 4. The van der Waals surface area contributed by atoms with Crippen LogP contribution in [-0.4, -0.2) is 30.9 Å². The first-order valence-corrected chi connectivity index (χ1v) is 6.65. The first kappa shape index (κ1) is 14.3. The van der Waals surface area contributed by atoms with E-state index in [-0.39, 0.29) is 5.78 Å². The van der Waals surface area contributed by atoms with Gasteiger partial charge in [-0.2, -0.15) is 0 Å². The molecule has 0 radical (unpaired) electrons. The second-order valence-corrected chi connectivity index (χ2v) is 4.51. The third kappa shape index (κ3) is 3.48. The fourth-order valence-electron chi connectivity index (χ4n) is 2.07. The molecule has 0 spiro atoms. The lowest BCUT2D eigenvalue weighted by Crippen LogP contribution is -2.29. The number of ketones is 1. The van der Waals surface area contributed by atoms with Crippen LogP contribution in [0.5, 0.6) is 5.75 Å². The molecule has 4 nitrogen and oxygen atoms in total. The minimum absolute atomic E-state index is 0.0517. The molecular formula is C16H19NO3. The van der Waals surface area contributed by atoms with E-state index >= 15 is 0 Å². The summed E-state index contributed by atoms with van der Waals surface area (Å²) < 4.78 is 10.6. The third-order valence-electron chi connectivity index (χ3n) is 3.18. The smallest absolute Gasteiger partial charge is 0.180 e. The number of benzene rings is 1. The molecule has 106 valence electrons. The van der Waals surface area contributed by atoms with E-state index in [1.165, 1.54) is 0 Å². The maximum Gasteiger partial charge on any atom is 0.180 e. The van der Waals surface area contributed by atoms with Crippen molar-refractivity contribution in [2.45, 2.75) is 13.5 Å². The molecule has 1 heterocycles. The highest BCUT2D eigenvalue weighted by atomic mass is 16.5. The average molecular weight is 273 g/mol. The fraction of sp³-hybridized carbons (Fsp3) is 0.312. The standard InChI is InChI=1S/C16H19NO3/c1-3-17(11-13-7-6-10-20-13)12-15(18)14-8-4-5-9-16(14)19-2/h4-10H,3,11-12H2,1-2H3. The molecule has 0 aliphatic rings. The Bertz CT molecular complexity index is 549. The predicted octanol–water partition coefficient (Wildman–Crippen LogP) is 2.99. The number of carbonyl (C=O) groups excluding carboxylic acids is 1. The van der Waals surface area contributed by atoms with Gasteiger partial charge in [0.25, 0.3) is 0 Å². The summed E-state index contributed by atoms with van der Waals surface area (Å²) in [6, 6.07) is 11.1. The van der Waals surface area contributed by atoms with Gasteiger partial charge in [0, 0.05) is 0 Å². The Morgan fingerprint density at radius 3 is 2.70 bits per heavy atom. The molecule has 4 heteroatoms. The highest BCUT2D eigenvalue weighted by molar-refractivity contribution is 6.00. The lowest BCUT2D eigenvalue weighted by atomic mass is 10.1. The maximum atomic E-state index is 12.4. The number of methoxy groups -OCH3 is 1. The summed E-state index contributed by atoms with van der Waals surface area (Å²) in [5, 5.41) is 0. The molecule has 0 saturated carbocycles. The van der Waals surface area contributed by atoms with Crippen LogP contribution in [0.25, 0.3) is 0 Å². The van der Waals surface area contributed by atoms with Gasteiger partial charge in [-0.15, -0.1) is 0 Å². The zero-order valence-electron chi connectivity index (χ0n) is 11.8. The lowest BCUT2D eigenvalue weighted by molar-refractivity contribution is 0.0922. The van der Waals surface area contributed by atoms with Crippen molar-refractivity contribution in [2.75, 3.05) is 20.2 Å². The average Bonchev–Trinajstić information content (AvgIpc) is 2.99. The molecular weight excluding hydrogens is 254 g/mol. The van der Waals surface area contributed by atoms with Gasteiger partial charge in [-0.25, -0.2) is 0 Å². The number of para-hydroxylation sites is 1. The van der Waals surface area contributed by atoms with Crippen molar-refractivity contribution in [2.24, 2.45) is 0 Å². The van der Waals surface area contributed by atoms with Crippen molar-refractivity contribution in [3.63, 3.8) is 0 Å². The van der Waals surface area contributed by atoms with Gasteiger partial charge in [-0.1, -0.05) is 19.1 Å². The molecule has 0 bridgehead atoms. The fourth-order valence-corrected chi connectivity index (χ4v) is 2.07. The van der Waals surface area contributed by atoms with Crippen molar-refractivity contribution >= 4 is 5.78 Å². The van der Waals surface area contributed by atoms with E-state index in [9.17, 15) is 4.79 Å². The van der Waals surface area contributed by atoms with Crippen LogP contribution in [0.15, 0.2) is 47.1 Å². The molecule has 0 N–H and O–H groups in total. The van der Waals surface area contributed by atoms with Crippen molar-refractivity contribution in [3.05, 3.63) is 54.0 Å². The van der Waals surface area contributed by atoms with Gasteiger partial charge >= 0.3 is 0 Å². The highest BCUT2D eigenvalue weighted by Gasteiger charge is 2.15. The van der Waals surface area contributed by atoms with Crippen LogP contribution in [0.2, 0.25) is 0 Å². The molecule has 0 amide bonds. The Morgan fingerprint density at radius 1 is 1.25 bits per heavy atom. The highest BCUT2D eigenvalue weighted by Crippen LogP contribution is 2.18. The largest absolute Gasteiger partial charge is 0.496 e. The molecule has 20 heavy (non-hydrogen) atoms. The second-order valence-electron chi connectivity index (χ2n) is 4.51. The van der Waals surface area contributed by atoms with Gasteiger partial charge in [0.05, 0.1) is 32.0 Å². The normalized spacial score (nSPS) is 10.8. The first-order chi connectivity index (χ1) is 9.74. The van der Waals surface area contributed by atoms with Crippen LogP contribution >= 0.6 is 0 Å². The summed E-state index contributed by atoms with van der Waals surface area (Å²) in [6.07, 6.45) is 1.64. The Morgan fingerprint density at radius 2 is 2.05 bits per heavy atom. The van der Waals surface area contributed by atoms with Gasteiger partial charge in [-0.3, -0.25) is 9.69 Å². The van der Waals surface area contributed by atoms with Crippen LogP contribution in [0.4, 0.5) is 0 Å². The van der Waals surface area contributed by atoms with Crippen molar-refractivity contribution in [1.29, 1.82) is 0 Å². The van der Waals surface area contributed by atoms with E-state index in [2.05, 4.69) is 0 Å². The lowest BCUT2D eigenvalue weighted by Gasteiger charge is -2.18. The SMILES string of the molecule is CCN(CC(=O)c1ccccc1OC)Cc1ccco1. The molecule has 0 saturated heterocycles. The van der Waals surface area contributed by atoms with Gasteiger partial charge in [0.2, 0.25) is 0 Å². The molecule has 2 aromatic rings. The van der Waals surface area contributed by atoms with Crippen LogP contribution in [0.3, 0.4) is 0 Å². The summed E-state index contributed by atoms with van der Waals surface area (Å²) in [5.74, 6) is 1.53. The van der Waals surface area contributed by atoms with E-state index in [1.807, 2.05) is 36.1 Å². The van der Waals surface area contributed by atoms with Crippen LogP contribution in [0, 0.1) is 0 Å². The zero-order valence-corrected chi connectivity index (χ0v) is 11.8. The van der Waals surface area contributed by atoms with E-state index in [1.54, 1.807) is 25.5 Å². The second kappa shape index (κ2) is 6.91. The van der Waals surface area contributed by atoms with E-state index < -0.39 is 0 Å². The van der Waals surface area contributed by atoms with Gasteiger partial charge < -0.3 is 9.15 Å². The topological polar surface area (TPSA) is 42.7 Å². The maximum absolute atomic E-state index is 12.4. The molecule has 2 rings (SSSR count). The van der Waals surface area contributed by atoms with Crippen LogP contribution < -0.4 is 4.74 Å². The monoisotopic (exact) mass is 273 g/mol. The number of carbonyl (C=O) groups is 1. The van der Waals surface area contributed by atoms with Crippen LogP contribution in [0.1, 0.15) is 23.0 Å². The Labute approximate surface area is 119 Å². The quantitative estimate of drug-likeness (QED) is 0.727. The van der Waals surface area contributed by atoms with Gasteiger partial charge in [-0.05, 0) is 30.8 Å². The summed E-state index contributed by atoms with van der Waals surface area (Å²) in [6.45, 7) is 3.78. The minimum Gasteiger partial charge on any atom is -0.496 e. The Balaban J connectivity index is 2.05. The third-order valence-corrected chi connectivity index (χ3v) is 3.18. The van der Waals surface area contributed by atoms with Gasteiger partial charge in [0.15, 0.2) is 5.78 Å². The number of nitrogens with zero attached hydrogens (tertiary/aromatic N) is 1. The summed E-state index contributed by atoms with van der Waals surface area (Å²) in [7, 11) is 1.58. The molecule has 1 aromatic heterocycles. The number of likely N-dealkylation sites (N-methyl/N-ethyl adjacent to an activating group) is 1. The minimum atomic E-state index is 0.0517. The molecule has 0 fully saturated rings. The van der Waals surface area contributed by atoms with Gasteiger partial charge in [0.1, 0.15) is 11.5 Å². The number of furan rings is 1. The number of hydrogen-bond donors (Lipinski definition) is 0. The summed E-state index contributed by atoms with van der Waals surface area (Å²) in [5.41, 5.74) is 0.618. The number of rotatable bonds is 7. The van der Waals surface area contributed by atoms with Crippen LogP contribution in [-0.2, 0) is 6.54 Å². The first-order valence-electron chi connectivity index (χ1n) is 6.65. The van der Waals surface area contributed by atoms with E-state index in [0.29, 0.717) is 24.4 Å². The summed E-state index contributed by atoms with van der Waals surface area (Å²) in [4.78, 5) is 14.4. The van der Waals surface area contributed by atoms with E-state index in [4.69, 9.17) is 9.15 Å². The zero-order chi connectivity index (χ0) is 14.4. The van der Waals surface area contributed by atoms with E-state index in [0.717, 1.165) is 12.3 Å². The Hall–Kier alpha value is -2.07. The molecule has 0 atom stereocenters. The molecule has 0 unspecified atom stereocenters. The molecule has 0 aliphatic heterocycles. The van der Waals surface area contributed by atoms with Crippen molar-refractivity contribution < 1.29 is 13.9 Å². The van der Waals surface area contributed by atoms with Crippen molar-refractivity contribution in [1.82, 2.24) is 4.90 Å². The number of Topliss-reactive ketones (excluding diaryl/α,β-unsaturated/α-hetero) is 1. The van der Waals surface area contributed by atoms with Crippen molar-refractivity contribution in [3.8, 4) is 5.75 Å².